The molecule has 2 aromatic rings. The molecule has 4 aliphatic carbocycles. The zero-order chi connectivity index (χ0) is 23.9. The van der Waals surface area contributed by atoms with E-state index in [0.717, 1.165) is 52.5 Å². The molecule has 4 bridgehead atoms. The maximum Gasteiger partial charge on any atom is 0.257 e. The molecule has 0 aliphatic heterocycles. The summed E-state index contributed by atoms with van der Waals surface area (Å²) in [7, 11) is 0. The number of benzene rings is 1. The van der Waals surface area contributed by atoms with E-state index in [0.29, 0.717) is 17.2 Å². The van der Waals surface area contributed by atoms with Crippen molar-refractivity contribution in [3.8, 4) is 0 Å². The van der Waals surface area contributed by atoms with E-state index in [-0.39, 0.29) is 23.0 Å². The van der Waals surface area contributed by atoms with Crippen molar-refractivity contribution in [1.29, 1.82) is 0 Å². The minimum Gasteiger partial charge on any atom is -0.369 e. The van der Waals surface area contributed by atoms with Crippen molar-refractivity contribution in [1.82, 2.24) is 10.3 Å². The molecule has 3 amide bonds. The Bertz CT molecular complexity index is 1080. The van der Waals surface area contributed by atoms with Crippen LogP contribution in [-0.4, -0.2) is 28.5 Å². The van der Waals surface area contributed by atoms with Gasteiger partial charge in [-0.1, -0.05) is 23.5 Å². The van der Waals surface area contributed by atoms with Crippen LogP contribution in [0.1, 0.15) is 60.1 Å². The Morgan fingerprint density at radius 1 is 1.09 bits per heavy atom. The second kappa shape index (κ2) is 9.34. The van der Waals surface area contributed by atoms with Gasteiger partial charge in [0.2, 0.25) is 11.8 Å². The number of amides is 3. The standard InChI is InChI=1S/C25H30N4O3S2/c1-14-22(33-13-20(26)30)34-24(28-14)29-21(31)19-4-2-15(3-5-19)12-27-23(32)25-9-16-6-17(10-25)8-18(7-16)11-25/h2-5,16-18H,6-13H2,1H3,(H2,26,30)(H,27,32)(H,28,29,31). The van der Waals surface area contributed by atoms with Crippen LogP contribution in [0.2, 0.25) is 0 Å². The van der Waals surface area contributed by atoms with Gasteiger partial charge in [-0.15, -0.1) is 11.8 Å². The molecule has 4 N–H and O–H groups in total. The molecule has 4 aliphatic rings. The van der Waals surface area contributed by atoms with Crippen molar-refractivity contribution in [3.63, 3.8) is 0 Å². The van der Waals surface area contributed by atoms with Crippen molar-refractivity contribution >= 4 is 46.0 Å². The molecule has 1 aromatic heterocycles. The lowest BCUT2D eigenvalue weighted by atomic mass is 9.49. The first-order valence-corrected chi connectivity index (χ1v) is 13.7. The molecule has 0 unspecified atom stereocenters. The topological polar surface area (TPSA) is 114 Å². The van der Waals surface area contributed by atoms with E-state index < -0.39 is 5.91 Å². The summed E-state index contributed by atoms with van der Waals surface area (Å²) in [5, 5.41) is 6.50. The minimum absolute atomic E-state index is 0.144. The van der Waals surface area contributed by atoms with Gasteiger partial charge in [-0.25, -0.2) is 4.98 Å². The smallest absolute Gasteiger partial charge is 0.257 e. The molecular weight excluding hydrogens is 468 g/mol. The Morgan fingerprint density at radius 2 is 1.71 bits per heavy atom. The van der Waals surface area contributed by atoms with E-state index in [1.165, 1.54) is 42.4 Å². The van der Waals surface area contributed by atoms with Gasteiger partial charge in [-0.05, 0) is 80.9 Å². The lowest BCUT2D eigenvalue weighted by molar-refractivity contribution is -0.146. The van der Waals surface area contributed by atoms with Crippen LogP contribution in [0.25, 0.3) is 0 Å². The Morgan fingerprint density at radius 3 is 2.29 bits per heavy atom. The average Bonchev–Trinajstić information content (AvgIpc) is 3.14. The monoisotopic (exact) mass is 498 g/mol. The molecule has 34 heavy (non-hydrogen) atoms. The van der Waals surface area contributed by atoms with Crippen molar-refractivity contribution in [3.05, 3.63) is 41.1 Å². The van der Waals surface area contributed by atoms with Crippen molar-refractivity contribution in [2.45, 2.75) is 56.2 Å². The van der Waals surface area contributed by atoms with Gasteiger partial charge in [0.05, 0.1) is 15.7 Å². The van der Waals surface area contributed by atoms with Crippen LogP contribution in [0.4, 0.5) is 5.13 Å². The molecule has 4 fully saturated rings. The molecule has 0 spiro atoms. The second-order valence-corrected chi connectivity index (χ2v) is 12.4. The van der Waals surface area contributed by atoms with Crippen molar-refractivity contribution in [2.24, 2.45) is 28.9 Å². The highest BCUT2D eigenvalue weighted by Crippen LogP contribution is 2.60. The number of rotatable bonds is 8. The van der Waals surface area contributed by atoms with Crippen molar-refractivity contribution < 1.29 is 14.4 Å². The Hall–Kier alpha value is -2.39. The second-order valence-electron chi connectivity index (χ2n) is 10.2. The summed E-state index contributed by atoms with van der Waals surface area (Å²) in [4.78, 5) is 41.2. The number of hydrogen-bond acceptors (Lipinski definition) is 6. The number of nitrogens with zero attached hydrogens (tertiary/aromatic N) is 1. The molecule has 1 aromatic carbocycles. The molecule has 4 saturated carbocycles. The quantitative estimate of drug-likeness (QED) is 0.474. The molecule has 1 heterocycles. The number of thiazole rings is 1. The van der Waals surface area contributed by atoms with E-state index in [4.69, 9.17) is 5.73 Å². The lowest BCUT2D eigenvalue weighted by Crippen LogP contribution is -2.53. The van der Waals surface area contributed by atoms with Crippen LogP contribution in [0.3, 0.4) is 0 Å². The van der Waals surface area contributed by atoms with Crippen LogP contribution >= 0.6 is 23.1 Å². The number of nitrogens with one attached hydrogen (secondary N) is 2. The van der Waals surface area contributed by atoms with Gasteiger partial charge in [0.1, 0.15) is 0 Å². The average molecular weight is 499 g/mol. The summed E-state index contributed by atoms with van der Waals surface area (Å²) in [6.45, 7) is 2.32. The summed E-state index contributed by atoms with van der Waals surface area (Å²) in [5.41, 5.74) is 7.32. The first-order valence-electron chi connectivity index (χ1n) is 11.9. The SMILES string of the molecule is Cc1nc(NC(=O)c2ccc(CNC(=O)C34CC5CC(CC(C5)C3)C4)cc2)sc1SCC(N)=O. The van der Waals surface area contributed by atoms with Gasteiger partial charge in [-0.3, -0.25) is 19.7 Å². The van der Waals surface area contributed by atoms with E-state index in [1.807, 2.05) is 19.1 Å². The van der Waals surface area contributed by atoms with Gasteiger partial charge in [0, 0.05) is 17.5 Å². The third-order valence-electron chi connectivity index (χ3n) is 7.51. The molecule has 7 nitrogen and oxygen atoms in total. The molecule has 6 rings (SSSR count). The van der Waals surface area contributed by atoms with Gasteiger partial charge < -0.3 is 11.1 Å². The summed E-state index contributed by atoms with van der Waals surface area (Å²) in [6, 6.07) is 7.31. The maximum atomic E-state index is 13.2. The number of aromatic nitrogens is 1. The van der Waals surface area contributed by atoms with Crippen LogP contribution in [0.15, 0.2) is 28.5 Å². The number of thioether (sulfide) groups is 1. The van der Waals surface area contributed by atoms with Crippen LogP contribution in [0, 0.1) is 30.1 Å². The minimum atomic E-state index is -0.391. The number of nitrogens with two attached hydrogens (primary N) is 1. The van der Waals surface area contributed by atoms with Crippen LogP contribution in [0.5, 0.6) is 0 Å². The predicted molar refractivity (Wildman–Crippen MR) is 134 cm³/mol. The summed E-state index contributed by atoms with van der Waals surface area (Å²) in [6.07, 6.45) is 7.15. The molecule has 0 atom stereocenters. The van der Waals surface area contributed by atoms with E-state index >= 15 is 0 Å². The third kappa shape index (κ3) is 4.86. The van der Waals surface area contributed by atoms with E-state index in [2.05, 4.69) is 15.6 Å². The first kappa shape index (κ1) is 23.4. The number of primary amides is 1. The van der Waals surface area contributed by atoms with Crippen LogP contribution in [-0.2, 0) is 16.1 Å². The normalized spacial score (nSPS) is 26.9. The highest BCUT2D eigenvalue weighted by molar-refractivity contribution is 8.01. The zero-order valence-corrected chi connectivity index (χ0v) is 20.9. The van der Waals surface area contributed by atoms with Gasteiger partial charge in [0.15, 0.2) is 5.13 Å². The first-order chi connectivity index (χ1) is 16.3. The fraction of sp³-hybridized carbons (Fsp3) is 0.520. The summed E-state index contributed by atoms with van der Waals surface area (Å²) < 4.78 is 0.860. The van der Waals surface area contributed by atoms with Gasteiger partial charge >= 0.3 is 0 Å². The van der Waals surface area contributed by atoms with Gasteiger partial charge in [0.25, 0.3) is 5.91 Å². The summed E-state index contributed by atoms with van der Waals surface area (Å²) in [5.74, 6) is 1.99. The highest BCUT2D eigenvalue weighted by Gasteiger charge is 2.54. The lowest BCUT2D eigenvalue weighted by Gasteiger charge is -2.55. The summed E-state index contributed by atoms with van der Waals surface area (Å²) >= 11 is 2.65. The highest BCUT2D eigenvalue weighted by atomic mass is 32.2. The van der Waals surface area contributed by atoms with E-state index in [1.54, 1.807) is 12.1 Å². The third-order valence-corrected chi connectivity index (χ3v) is 9.97. The number of anilines is 1. The Balaban J connectivity index is 1.15. The molecule has 180 valence electrons. The predicted octanol–water partition coefficient (Wildman–Crippen LogP) is 4.11. The van der Waals surface area contributed by atoms with Crippen LogP contribution < -0.4 is 16.4 Å². The number of aryl methyl sites for hydroxylation is 1. The molecule has 9 heteroatoms. The van der Waals surface area contributed by atoms with Crippen molar-refractivity contribution in [2.75, 3.05) is 11.1 Å². The zero-order valence-electron chi connectivity index (χ0n) is 19.3. The number of carbonyl (C=O) groups is 3. The largest absolute Gasteiger partial charge is 0.369 e. The molecular formula is C25H30N4O3S2. The van der Waals surface area contributed by atoms with Gasteiger partial charge in [-0.2, -0.15) is 0 Å². The fourth-order valence-electron chi connectivity index (χ4n) is 6.41. The number of carbonyl (C=O) groups excluding carboxylic acids is 3. The Labute approximate surface area is 207 Å². The Kier molecular flexibility index (Phi) is 6.41. The fourth-order valence-corrected chi connectivity index (χ4v) is 8.28. The molecule has 0 saturated heterocycles. The molecule has 0 radical (unpaired) electrons. The van der Waals surface area contributed by atoms with E-state index in [9.17, 15) is 14.4 Å². The number of hydrogen-bond donors (Lipinski definition) is 3. The maximum absolute atomic E-state index is 13.2.